The van der Waals surface area contributed by atoms with Crippen molar-refractivity contribution < 1.29 is 15.0 Å². The molecule has 0 aromatic heterocycles. The number of aliphatic hydroxyl groups excluding tert-OH is 1. The summed E-state index contributed by atoms with van der Waals surface area (Å²) >= 11 is 0. The van der Waals surface area contributed by atoms with Gasteiger partial charge in [-0.25, -0.2) is 0 Å². The van der Waals surface area contributed by atoms with Crippen LogP contribution >= 0.6 is 0 Å². The molecule has 88 valence electrons. The lowest BCUT2D eigenvalue weighted by Gasteiger charge is -2.37. The maximum atomic E-state index is 11.8. The number of aliphatic hydroxyl groups is 2. The number of likely N-dealkylation sites (N-methyl/N-ethyl adjacent to an activating group) is 1. The van der Waals surface area contributed by atoms with E-state index in [9.17, 15) is 15.0 Å². The van der Waals surface area contributed by atoms with Crippen LogP contribution in [0.3, 0.4) is 0 Å². The number of carbonyl (C=O) groups is 1. The van der Waals surface area contributed by atoms with Crippen LogP contribution in [0.2, 0.25) is 0 Å². The zero-order chi connectivity index (χ0) is 11.6. The van der Waals surface area contributed by atoms with E-state index >= 15 is 0 Å². The summed E-state index contributed by atoms with van der Waals surface area (Å²) in [5, 5.41) is 19.4. The lowest BCUT2D eigenvalue weighted by Crippen LogP contribution is -2.52. The standard InChI is InChI=1S/C11H21NO3/c1-11(2,15)10(14)12(3)8-6-4-5-7-9(8)13/h8-9,13,15H,4-7H2,1-3H3. The number of carbonyl (C=O) groups excluding carboxylic acids is 1. The minimum Gasteiger partial charge on any atom is -0.391 e. The van der Waals surface area contributed by atoms with Gasteiger partial charge in [-0.05, 0) is 26.7 Å². The quantitative estimate of drug-likeness (QED) is 0.706. The molecule has 0 heterocycles. The molecule has 2 unspecified atom stereocenters. The van der Waals surface area contributed by atoms with Gasteiger partial charge in [0.15, 0.2) is 0 Å². The maximum Gasteiger partial charge on any atom is 0.254 e. The van der Waals surface area contributed by atoms with Crippen LogP contribution in [0.15, 0.2) is 0 Å². The fourth-order valence-corrected chi connectivity index (χ4v) is 2.13. The van der Waals surface area contributed by atoms with Crippen molar-refractivity contribution in [1.82, 2.24) is 4.90 Å². The molecule has 15 heavy (non-hydrogen) atoms. The molecular weight excluding hydrogens is 194 g/mol. The summed E-state index contributed by atoms with van der Waals surface area (Å²) in [5.74, 6) is -0.326. The molecule has 0 saturated heterocycles. The molecule has 2 N–H and O–H groups in total. The molecule has 1 rings (SSSR count). The maximum absolute atomic E-state index is 11.8. The highest BCUT2D eigenvalue weighted by Crippen LogP contribution is 2.23. The fourth-order valence-electron chi connectivity index (χ4n) is 2.13. The summed E-state index contributed by atoms with van der Waals surface area (Å²) < 4.78 is 0. The van der Waals surface area contributed by atoms with Crippen LogP contribution in [-0.2, 0) is 4.79 Å². The van der Waals surface area contributed by atoms with Gasteiger partial charge in [0.1, 0.15) is 5.60 Å². The molecule has 1 aliphatic rings. The molecule has 4 heteroatoms. The predicted octanol–water partition coefficient (Wildman–Crippen LogP) is 0.519. The molecule has 0 aromatic rings. The Hall–Kier alpha value is -0.610. The van der Waals surface area contributed by atoms with Crippen LogP contribution in [0, 0.1) is 0 Å². The highest BCUT2D eigenvalue weighted by Gasteiger charge is 2.35. The van der Waals surface area contributed by atoms with Crippen molar-refractivity contribution in [3.63, 3.8) is 0 Å². The molecule has 0 radical (unpaired) electrons. The van der Waals surface area contributed by atoms with Crippen molar-refractivity contribution in [2.75, 3.05) is 7.05 Å². The summed E-state index contributed by atoms with van der Waals surface area (Å²) in [5.41, 5.74) is -1.36. The minimum atomic E-state index is -1.36. The first kappa shape index (κ1) is 12.5. The van der Waals surface area contributed by atoms with Gasteiger partial charge in [-0.2, -0.15) is 0 Å². The molecule has 0 aliphatic heterocycles. The number of nitrogens with zero attached hydrogens (tertiary/aromatic N) is 1. The topological polar surface area (TPSA) is 60.8 Å². The highest BCUT2D eigenvalue weighted by atomic mass is 16.3. The normalized spacial score (nSPS) is 27.5. The van der Waals surface area contributed by atoms with E-state index in [1.165, 1.54) is 18.7 Å². The van der Waals surface area contributed by atoms with Crippen molar-refractivity contribution >= 4 is 5.91 Å². The number of hydrogen-bond acceptors (Lipinski definition) is 3. The molecule has 0 spiro atoms. The van der Waals surface area contributed by atoms with E-state index in [2.05, 4.69) is 0 Å². The Morgan fingerprint density at radius 2 is 1.87 bits per heavy atom. The Balaban J connectivity index is 2.66. The van der Waals surface area contributed by atoms with Crippen molar-refractivity contribution in [3.8, 4) is 0 Å². The van der Waals surface area contributed by atoms with Gasteiger partial charge in [-0.15, -0.1) is 0 Å². The molecule has 4 nitrogen and oxygen atoms in total. The molecule has 1 aliphatic carbocycles. The molecular formula is C11H21NO3. The summed E-state index contributed by atoms with van der Waals surface area (Å²) in [6, 6.07) is -0.141. The van der Waals surface area contributed by atoms with Gasteiger partial charge < -0.3 is 15.1 Å². The first-order valence-corrected chi connectivity index (χ1v) is 5.51. The lowest BCUT2D eigenvalue weighted by atomic mass is 9.91. The predicted molar refractivity (Wildman–Crippen MR) is 57.3 cm³/mol. The second-order valence-electron chi connectivity index (χ2n) is 4.89. The van der Waals surface area contributed by atoms with Gasteiger partial charge in [0.25, 0.3) is 5.91 Å². The van der Waals surface area contributed by atoms with E-state index in [4.69, 9.17) is 0 Å². The summed E-state index contributed by atoms with van der Waals surface area (Å²) in [7, 11) is 1.65. The summed E-state index contributed by atoms with van der Waals surface area (Å²) in [6.45, 7) is 2.95. The van der Waals surface area contributed by atoms with Crippen LogP contribution in [0.5, 0.6) is 0 Å². The molecule has 1 amide bonds. The second kappa shape index (κ2) is 4.49. The SMILES string of the molecule is CN(C(=O)C(C)(C)O)C1CCCCC1O. The summed E-state index contributed by atoms with van der Waals surface area (Å²) in [4.78, 5) is 13.3. The van der Waals surface area contributed by atoms with Crippen molar-refractivity contribution in [2.45, 2.75) is 57.3 Å². The van der Waals surface area contributed by atoms with Crippen LogP contribution in [0.4, 0.5) is 0 Å². The number of amides is 1. The lowest BCUT2D eigenvalue weighted by molar-refractivity contribution is -0.152. The van der Waals surface area contributed by atoms with Gasteiger partial charge in [0.2, 0.25) is 0 Å². The van der Waals surface area contributed by atoms with Gasteiger partial charge in [0.05, 0.1) is 12.1 Å². The van der Waals surface area contributed by atoms with Crippen molar-refractivity contribution in [3.05, 3.63) is 0 Å². The third kappa shape index (κ3) is 2.92. The van der Waals surface area contributed by atoms with Crippen LogP contribution in [0.1, 0.15) is 39.5 Å². The van der Waals surface area contributed by atoms with E-state index in [-0.39, 0.29) is 11.9 Å². The number of hydrogen-bond donors (Lipinski definition) is 2. The number of rotatable bonds is 2. The smallest absolute Gasteiger partial charge is 0.254 e. The Kier molecular flexibility index (Phi) is 3.73. The van der Waals surface area contributed by atoms with Crippen LogP contribution in [-0.4, -0.2) is 45.8 Å². The van der Waals surface area contributed by atoms with E-state index in [1.54, 1.807) is 7.05 Å². The van der Waals surface area contributed by atoms with Crippen molar-refractivity contribution in [1.29, 1.82) is 0 Å². The van der Waals surface area contributed by atoms with E-state index in [0.29, 0.717) is 0 Å². The first-order chi connectivity index (χ1) is 6.84. The van der Waals surface area contributed by atoms with E-state index in [1.807, 2.05) is 0 Å². The van der Waals surface area contributed by atoms with E-state index < -0.39 is 11.7 Å². The van der Waals surface area contributed by atoms with E-state index in [0.717, 1.165) is 25.7 Å². The Morgan fingerprint density at radius 1 is 1.33 bits per heavy atom. The zero-order valence-electron chi connectivity index (χ0n) is 9.73. The first-order valence-electron chi connectivity index (χ1n) is 5.51. The largest absolute Gasteiger partial charge is 0.391 e. The summed E-state index contributed by atoms with van der Waals surface area (Å²) in [6.07, 6.45) is 3.16. The molecule has 1 fully saturated rings. The fraction of sp³-hybridized carbons (Fsp3) is 0.909. The highest BCUT2D eigenvalue weighted by molar-refractivity contribution is 5.84. The van der Waals surface area contributed by atoms with Crippen LogP contribution < -0.4 is 0 Å². The second-order valence-corrected chi connectivity index (χ2v) is 4.89. The van der Waals surface area contributed by atoms with Crippen molar-refractivity contribution in [2.24, 2.45) is 0 Å². The van der Waals surface area contributed by atoms with Gasteiger partial charge in [-0.3, -0.25) is 4.79 Å². The average molecular weight is 215 g/mol. The van der Waals surface area contributed by atoms with Gasteiger partial charge in [-0.1, -0.05) is 12.8 Å². The third-order valence-corrected chi connectivity index (χ3v) is 3.04. The Bertz CT molecular complexity index is 234. The van der Waals surface area contributed by atoms with Gasteiger partial charge >= 0.3 is 0 Å². The third-order valence-electron chi connectivity index (χ3n) is 3.04. The average Bonchev–Trinajstić information content (AvgIpc) is 2.15. The molecule has 0 aromatic carbocycles. The molecule has 2 atom stereocenters. The molecule has 0 bridgehead atoms. The Labute approximate surface area is 90.9 Å². The Morgan fingerprint density at radius 3 is 2.33 bits per heavy atom. The van der Waals surface area contributed by atoms with Crippen LogP contribution in [0.25, 0.3) is 0 Å². The molecule has 1 saturated carbocycles. The van der Waals surface area contributed by atoms with Gasteiger partial charge in [0, 0.05) is 7.05 Å². The monoisotopic (exact) mass is 215 g/mol. The zero-order valence-corrected chi connectivity index (χ0v) is 9.73. The minimum absolute atomic E-state index is 0.141.